The molecular formula is C16H13Cl2FN2O2. The molecule has 1 unspecified atom stereocenters. The highest BCUT2D eigenvalue weighted by atomic mass is 35.5. The van der Waals surface area contributed by atoms with Gasteiger partial charge in [-0.1, -0.05) is 23.2 Å². The number of hydrogen-bond acceptors (Lipinski definition) is 3. The van der Waals surface area contributed by atoms with Crippen LogP contribution in [0.1, 0.15) is 16.7 Å². The number of amides is 1. The molecule has 1 amide bonds. The maximum Gasteiger partial charge on any atom is 0.266 e. The lowest BCUT2D eigenvalue weighted by Crippen LogP contribution is -2.42. The van der Waals surface area contributed by atoms with Crippen molar-refractivity contribution in [2.75, 3.05) is 6.61 Å². The summed E-state index contributed by atoms with van der Waals surface area (Å²) >= 11 is 12.0. The van der Waals surface area contributed by atoms with E-state index in [1.807, 2.05) is 6.92 Å². The van der Waals surface area contributed by atoms with Crippen molar-refractivity contribution in [1.82, 2.24) is 10.3 Å². The number of aryl methyl sites for hydroxylation is 1. The van der Waals surface area contributed by atoms with Crippen LogP contribution in [0.4, 0.5) is 4.39 Å². The maximum absolute atomic E-state index is 15.0. The molecule has 2 aromatic rings. The van der Waals surface area contributed by atoms with Crippen LogP contribution < -0.4 is 10.1 Å². The summed E-state index contributed by atoms with van der Waals surface area (Å²) in [6.07, 6.45) is 1.49. The molecule has 1 aliphatic heterocycles. The number of ether oxygens (including phenoxy) is 1. The van der Waals surface area contributed by atoms with Crippen LogP contribution in [0.2, 0.25) is 10.0 Å². The standard InChI is InChI=1S/C16H13Cl2FN2O2/c1-9-5-10(17)6-13(18)11(9)7-21-15(22)16(19)8-23-14-12(16)3-2-4-20-14/h2-6H,7-8H2,1H3,(H,21,22). The number of alkyl halides is 1. The minimum absolute atomic E-state index is 0.0991. The third kappa shape index (κ3) is 2.86. The Balaban J connectivity index is 1.79. The Morgan fingerprint density at radius 3 is 3.00 bits per heavy atom. The van der Waals surface area contributed by atoms with Gasteiger partial charge in [-0.15, -0.1) is 0 Å². The molecule has 1 aromatic heterocycles. The summed E-state index contributed by atoms with van der Waals surface area (Å²) in [4.78, 5) is 16.2. The number of aromatic nitrogens is 1. The van der Waals surface area contributed by atoms with Gasteiger partial charge in [0, 0.05) is 22.8 Å². The van der Waals surface area contributed by atoms with Gasteiger partial charge < -0.3 is 10.1 Å². The number of carbonyl (C=O) groups is 1. The minimum atomic E-state index is -2.25. The number of pyridine rings is 1. The highest BCUT2D eigenvalue weighted by Crippen LogP contribution is 2.38. The molecule has 0 aliphatic carbocycles. The molecule has 2 heterocycles. The molecule has 4 nitrogen and oxygen atoms in total. The smallest absolute Gasteiger partial charge is 0.266 e. The van der Waals surface area contributed by atoms with Crippen molar-refractivity contribution >= 4 is 29.1 Å². The van der Waals surface area contributed by atoms with Gasteiger partial charge in [0.1, 0.15) is 6.61 Å². The molecule has 120 valence electrons. The number of hydrogen-bond donors (Lipinski definition) is 1. The number of fused-ring (bicyclic) bond motifs is 1. The average Bonchev–Trinajstić information content (AvgIpc) is 2.85. The lowest BCUT2D eigenvalue weighted by atomic mass is 9.98. The Hall–Kier alpha value is -1.85. The van der Waals surface area contributed by atoms with E-state index in [-0.39, 0.29) is 18.0 Å². The second-order valence-corrected chi connectivity index (χ2v) is 6.16. The largest absolute Gasteiger partial charge is 0.473 e. The van der Waals surface area contributed by atoms with Crippen LogP contribution in [0.3, 0.4) is 0 Å². The Kier molecular flexibility index (Phi) is 4.17. The van der Waals surface area contributed by atoms with E-state index in [4.69, 9.17) is 27.9 Å². The number of halogens is 3. The molecule has 0 fully saturated rings. The molecule has 1 aliphatic rings. The van der Waals surface area contributed by atoms with Gasteiger partial charge in [-0.05, 0) is 42.3 Å². The molecule has 0 spiro atoms. The summed E-state index contributed by atoms with van der Waals surface area (Å²) in [6, 6.07) is 6.38. The Labute approximate surface area is 142 Å². The van der Waals surface area contributed by atoms with Crippen LogP contribution in [0.25, 0.3) is 0 Å². The molecular weight excluding hydrogens is 342 g/mol. The first-order valence-electron chi connectivity index (χ1n) is 6.92. The normalized spacial score (nSPS) is 19.1. The van der Waals surface area contributed by atoms with Crippen molar-refractivity contribution in [3.8, 4) is 5.88 Å². The first kappa shape index (κ1) is 16.0. The van der Waals surface area contributed by atoms with Gasteiger partial charge in [-0.2, -0.15) is 0 Å². The zero-order valence-electron chi connectivity index (χ0n) is 12.2. The van der Waals surface area contributed by atoms with E-state index in [0.717, 1.165) is 5.56 Å². The van der Waals surface area contributed by atoms with Gasteiger partial charge in [0.05, 0.1) is 5.56 Å². The summed E-state index contributed by atoms with van der Waals surface area (Å²) in [5.74, 6) is -0.638. The predicted molar refractivity (Wildman–Crippen MR) is 85.6 cm³/mol. The second-order valence-electron chi connectivity index (χ2n) is 5.31. The topological polar surface area (TPSA) is 51.2 Å². The fraction of sp³-hybridized carbons (Fsp3) is 0.250. The highest BCUT2D eigenvalue weighted by Gasteiger charge is 2.48. The number of benzene rings is 1. The number of nitrogens with zero attached hydrogens (tertiary/aromatic N) is 1. The maximum atomic E-state index is 15.0. The van der Waals surface area contributed by atoms with Crippen LogP contribution >= 0.6 is 23.2 Å². The van der Waals surface area contributed by atoms with Gasteiger partial charge in [-0.3, -0.25) is 4.79 Å². The van der Waals surface area contributed by atoms with Crippen molar-refractivity contribution in [2.24, 2.45) is 0 Å². The van der Waals surface area contributed by atoms with Crippen molar-refractivity contribution < 1.29 is 13.9 Å². The summed E-state index contributed by atoms with van der Waals surface area (Å²) in [5.41, 5.74) is -0.605. The van der Waals surface area contributed by atoms with Crippen LogP contribution in [-0.4, -0.2) is 17.5 Å². The van der Waals surface area contributed by atoms with Gasteiger partial charge in [0.15, 0.2) is 0 Å². The van der Waals surface area contributed by atoms with Crippen LogP contribution in [0.5, 0.6) is 5.88 Å². The SMILES string of the molecule is Cc1cc(Cl)cc(Cl)c1CNC(=O)C1(F)COc2ncccc21. The van der Waals surface area contributed by atoms with Crippen molar-refractivity contribution in [2.45, 2.75) is 19.1 Å². The third-order valence-electron chi connectivity index (χ3n) is 3.77. The lowest BCUT2D eigenvalue weighted by Gasteiger charge is -2.18. The van der Waals surface area contributed by atoms with Crippen LogP contribution in [-0.2, 0) is 17.0 Å². The van der Waals surface area contributed by atoms with Crippen LogP contribution in [0.15, 0.2) is 30.5 Å². The summed E-state index contributed by atoms with van der Waals surface area (Å²) in [6.45, 7) is 1.53. The minimum Gasteiger partial charge on any atom is -0.473 e. The molecule has 0 saturated carbocycles. The average molecular weight is 355 g/mol. The monoisotopic (exact) mass is 354 g/mol. The Morgan fingerprint density at radius 2 is 2.26 bits per heavy atom. The molecule has 3 rings (SSSR count). The van der Waals surface area contributed by atoms with E-state index >= 15 is 4.39 Å². The van der Waals surface area contributed by atoms with Gasteiger partial charge in [-0.25, -0.2) is 9.37 Å². The van der Waals surface area contributed by atoms with Crippen molar-refractivity contribution in [3.63, 3.8) is 0 Å². The molecule has 7 heteroatoms. The molecule has 1 atom stereocenters. The zero-order valence-corrected chi connectivity index (χ0v) is 13.7. The molecule has 0 bridgehead atoms. The van der Waals surface area contributed by atoms with E-state index < -0.39 is 18.2 Å². The first-order valence-corrected chi connectivity index (χ1v) is 7.67. The Morgan fingerprint density at radius 1 is 1.48 bits per heavy atom. The molecule has 1 aromatic carbocycles. The number of nitrogens with one attached hydrogen (secondary N) is 1. The molecule has 1 N–H and O–H groups in total. The fourth-order valence-electron chi connectivity index (χ4n) is 2.51. The zero-order chi connectivity index (χ0) is 16.6. The van der Waals surface area contributed by atoms with Crippen molar-refractivity contribution in [1.29, 1.82) is 0 Å². The number of rotatable bonds is 3. The lowest BCUT2D eigenvalue weighted by molar-refractivity contribution is -0.134. The van der Waals surface area contributed by atoms with E-state index in [2.05, 4.69) is 10.3 Å². The van der Waals surface area contributed by atoms with Crippen LogP contribution in [0, 0.1) is 6.92 Å². The summed E-state index contributed by atoms with van der Waals surface area (Å²) < 4.78 is 20.2. The second kappa shape index (κ2) is 5.98. The quantitative estimate of drug-likeness (QED) is 0.916. The first-order chi connectivity index (χ1) is 10.9. The summed E-state index contributed by atoms with van der Waals surface area (Å²) in [5, 5.41) is 3.51. The van der Waals surface area contributed by atoms with E-state index in [1.165, 1.54) is 12.3 Å². The third-order valence-corrected chi connectivity index (χ3v) is 4.33. The molecule has 0 saturated heterocycles. The molecule has 0 radical (unpaired) electrons. The fourth-order valence-corrected chi connectivity index (χ4v) is 3.17. The predicted octanol–water partition coefficient (Wildman–Crippen LogP) is 3.57. The molecule has 23 heavy (non-hydrogen) atoms. The van der Waals surface area contributed by atoms with Gasteiger partial charge in [0.25, 0.3) is 11.6 Å². The van der Waals surface area contributed by atoms with Crippen molar-refractivity contribution in [3.05, 3.63) is 57.2 Å². The van der Waals surface area contributed by atoms with Gasteiger partial charge >= 0.3 is 0 Å². The number of carbonyl (C=O) groups excluding carboxylic acids is 1. The van der Waals surface area contributed by atoms with E-state index in [9.17, 15) is 4.79 Å². The van der Waals surface area contributed by atoms with E-state index in [0.29, 0.717) is 15.6 Å². The van der Waals surface area contributed by atoms with E-state index in [1.54, 1.807) is 18.2 Å². The van der Waals surface area contributed by atoms with Gasteiger partial charge in [0.2, 0.25) is 5.88 Å². The summed E-state index contributed by atoms with van der Waals surface area (Å²) in [7, 11) is 0. The highest BCUT2D eigenvalue weighted by molar-refractivity contribution is 6.35. The Bertz CT molecular complexity index is 761.